The van der Waals surface area contributed by atoms with Gasteiger partial charge in [-0.1, -0.05) is 41.9 Å². The zero-order chi connectivity index (χ0) is 29.7. The average Bonchev–Trinajstić information content (AvgIpc) is 3.25. The molecule has 0 atom stereocenters. The SMILES string of the molecule is CC(=O)Nc1ccccc1CS(=O)(=O)N(c1cccc(-c2sc(C(=O)O)c(OCC(=O)O)c2Cl)c1)C1CCNCC1. The Hall–Kier alpha value is -3.65. The van der Waals surface area contributed by atoms with E-state index in [0.29, 0.717) is 53.3 Å². The van der Waals surface area contributed by atoms with E-state index in [1.165, 1.54) is 11.2 Å². The number of sulfonamides is 1. The summed E-state index contributed by atoms with van der Waals surface area (Å²) in [7, 11) is -3.99. The summed E-state index contributed by atoms with van der Waals surface area (Å²) in [4.78, 5) is 34.6. The first kappa shape index (κ1) is 30.3. The molecule has 1 aromatic heterocycles. The van der Waals surface area contributed by atoms with Crippen LogP contribution in [-0.2, 0) is 25.4 Å². The van der Waals surface area contributed by atoms with Crippen molar-refractivity contribution in [3.63, 3.8) is 0 Å². The summed E-state index contributed by atoms with van der Waals surface area (Å²) in [6, 6.07) is 12.9. The minimum absolute atomic E-state index is 0.0775. The molecule has 0 unspecified atom stereocenters. The van der Waals surface area contributed by atoms with Crippen molar-refractivity contribution in [3.05, 3.63) is 64.0 Å². The molecular formula is C27H28ClN3O8S2. The summed E-state index contributed by atoms with van der Waals surface area (Å²) in [6.45, 7) is 1.82. The van der Waals surface area contributed by atoms with Crippen LogP contribution in [-0.4, -0.2) is 62.2 Å². The smallest absolute Gasteiger partial charge is 0.349 e. The van der Waals surface area contributed by atoms with Crippen molar-refractivity contribution in [1.29, 1.82) is 0 Å². The maximum Gasteiger partial charge on any atom is 0.349 e. The molecule has 3 aromatic rings. The molecule has 2 heterocycles. The minimum Gasteiger partial charge on any atom is -0.479 e. The van der Waals surface area contributed by atoms with Gasteiger partial charge in [0.2, 0.25) is 15.9 Å². The van der Waals surface area contributed by atoms with Crippen molar-refractivity contribution < 1.29 is 37.8 Å². The van der Waals surface area contributed by atoms with Gasteiger partial charge >= 0.3 is 11.9 Å². The number of halogens is 1. The highest BCUT2D eigenvalue weighted by atomic mass is 35.5. The number of hydrogen-bond donors (Lipinski definition) is 4. The standard InChI is InChI=1S/C27H28ClN3O8S2/c1-16(32)30-21-8-3-2-5-18(21)15-41(37,38)31(19-9-11-29-12-10-19)20-7-4-6-17(13-20)25-23(28)24(39-14-22(33)34)26(40-25)27(35)36/h2-8,13,19,29H,9-12,14-15H2,1H3,(H,30,32)(H,33,34)(H,35,36). The molecule has 1 fully saturated rings. The topological polar surface area (TPSA) is 162 Å². The lowest BCUT2D eigenvalue weighted by molar-refractivity contribution is -0.139. The van der Waals surface area contributed by atoms with Crippen molar-refractivity contribution in [2.75, 3.05) is 29.3 Å². The summed E-state index contributed by atoms with van der Waals surface area (Å²) < 4.78 is 34.7. The molecule has 0 aliphatic carbocycles. The van der Waals surface area contributed by atoms with Crippen molar-refractivity contribution in [3.8, 4) is 16.2 Å². The molecule has 0 radical (unpaired) electrons. The Labute approximate surface area is 245 Å². The van der Waals surface area contributed by atoms with Gasteiger partial charge in [0.15, 0.2) is 17.2 Å². The molecule has 0 spiro atoms. The van der Waals surface area contributed by atoms with Gasteiger partial charge in [-0.15, -0.1) is 11.3 Å². The number of amides is 1. The van der Waals surface area contributed by atoms with E-state index in [0.717, 1.165) is 11.3 Å². The van der Waals surface area contributed by atoms with E-state index in [2.05, 4.69) is 10.6 Å². The predicted octanol–water partition coefficient (Wildman–Crippen LogP) is 4.28. The molecule has 1 amide bonds. The molecule has 1 aliphatic rings. The van der Waals surface area contributed by atoms with Crippen LogP contribution < -0.4 is 19.7 Å². The number of para-hydroxylation sites is 1. The number of hydrogen-bond acceptors (Lipinski definition) is 8. The van der Waals surface area contributed by atoms with Crippen molar-refractivity contribution >= 4 is 62.2 Å². The number of carboxylic acid groups (broad SMARTS) is 2. The van der Waals surface area contributed by atoms with E-state index in [1.807, 2.05) is 0 Å². The van der Waals surface area contributed by atoms with Gasteiger partial charge in [-0.05, 0) is 55.3 Å². The largest absolute Gasteiger partial charge is 0.479 e. The zero-order valence-corrected chi connectivity index (χ0v) is 24.3. The number of aromatic carboxylic acids is 1. The molecule has 14 heteroatoms. The molecule has 2 aromatic carbocycles. The fourth-order valence-electron chi connectivity index (χ4n) is 4.63. The fourth-order valence-corrected chi connectivity index (χ4v) is 7.92. The Morgan fingerprint density at radius 2 is 1.83 bits per heavy atom. The summed E-state index contributed by atoms with van der Waals surface area (Å²) in [5, 5.41) is 24.5. The Bertz CT molecular complexity index is 1570. The highest BCUT2D eigenvalue weighted by Crippen LogP contribution is 2.46. The predicted molar refractivity (Wildman–Crippen MR) is 157 cm³/mol. The summed E-state index contributed by atoms with van der Waals surface area (Å²) in [6.07, 6.45) is 1.12. The first-order valence-corrected chi connectivity index (χ1v) is 15.4. The number of nitrogens with zero attached hydrogens (tertiary/aromatic N) is 1. The van der Waals surface area contributed by atoms with Crippen molar-refractivity contribution in [2.24, 2.45) is 0 Å². The monoisotopic (exact) mass is 621 g/mol. The van der Waals surface area contributed by atoms with Crippen LogP contribution in [0.5, 0.6) is 5.75 Å². The van der Waals surface area contributed by atoms with E-state index >= 15 is 0 Å². The first-order chi connectivity index (χ1) is 19.5. The maximum atomic E-state index is 14.1. The van der Waals surface area contributed by atoms with Gasteiger partial charge in [0.25, 0.3) is 0 Å². The van der Waals surface area contributed by atoms with Gasteiger partial charge < -0.3 is 25.6 Å². The number of nitrogens with one attached hydrogen (secondary N) is 2. The second-order valence-electron chi connectivity index (χ2n) is 9.31. The van der Waals surface area contributed by atoms with Gasteiger partial charge in [0.05, 0.1) is 16.3 Å². The summed E-state index contributed by atoms with van der Waals surface area (Å²) in [5.41, 5.74) is 1.65. The molecule has 0 saturated carbocycles. The lowest BCUT2D eigenvalue weighted by Crippen LogP contribution is -2.46. The third-order valence-corrected chi connectivity index (χ3v) is 9.78. The Kier molecular flexibility index (Phi) is 9.53. The third-order valence-electron chi connectivity index (χ3n) is 6.31. The number of rotatable bonds is 11. The Morgan fingerprint density at radius 1 is 1.12 bits per heavy atom. The quantitative estimate of drug-likeness (QED) is 0.245. The highest BCUT2D eigenvalue weighted by Gasteiger charge is 2.33. The van der Waals surface area contributed by atoms with Gasteiger partial charge in [0.1, 0.15) is 5.02 Å². The van der Waals surface area contributed by atoms with Crippen LogP contribution in [0.15, 0.2) is 48.5 Å². The van der Waals surface area contributed by atoms with E-state index in [-0.39, 0.29) is 33.4 Å². The van der Waals surface area contributed by atoms with E-state index < -0.39 is 28.6 Å². The van der Waals surface area contributed by atoms with Crippen LogP contribution >= 0.6 is 22.9 Å². The highest BCUT2D eigenvalue weighted by molar-refractivity contribution is 7.92. The van der Waals surface area contributed by atoms with Gasteiger partial charge in [-0.2, -0.15) is 0 Å². The van der Waals surface area contributed by atoms with Crippen LogP contribution in [0.3, 0.4) is 0 Å². The Morgan fingerprint density at radius 3 is 2.49 bits per heavy atom. The molecule has 1 saturated heterocycles. The number of ether oxygens (including phenoxy) is 1. The molecule has 4 N–H and O–H groups in total. The zero-order valence-electron chi connectivity index (χ0n) is 21.9. The van der Waals surface area contributed by atoms with E-state index in [9.17, 15) is 27.9 Å². The molecule has 1 aliphatic heterocycles. The minimum atomic E-state index is -3.99. The molecular weight excluding hydrogens is 594 g/mol. The van der Waals surface area contributed by atoms with Gasteiger partial charge in [-0.25, -0.2) is 18.0 Å². The number of carboxylic acids is 2. The first-order valence-electron chi connectivity index (χ1n) is 12.6. The molecule has 41 heavy (non-hydrogen) atoms. The number of aliphatic carboxylic acids is 1. The van der Waals surface area contributed by atoms with Crippen LogP contribution in [0.25, 0.3) is 10.4 Å². The number of anilines is 2. The number of piperidine rings is 1. The van der Waals surface area contributed by atoms with E-state index in [4.69, 9.17) is 21.4 Å². The summed E-state index contributed by atoms with van der Waals surface area (Å²) in [5.74, 6) is -3.58. The van der Waals surface area contributed by atoms with E-state index in [1.54, 1.807) is 48.5 Å². The van der Waals surface area contributed by atoms with Crippen LogP contribution in [0.1, 0.15) is 35.0 Å². The molecule has 218 valence electrons. The average molecular weight is 622 g/mol. The third kappa shape index (κ3) is 7.17. The molecule has 0 bridgehead atoms. The number of benzene rings is 2. The number of thiophene rings is 1. The summed E-state index contributed by atoms with van der Waals surface area (Å²) >= 11 is 7.29. The van der Waals surface area contributed by atoms with Crippen LogP contribution in [0.4, 0.5) is 11.4 Å². The second kappa shape index (κ2) is 12.9. The van der Waals surface area contributed by atoms with Crippen LogP contribution in [0.2, 0.25) is 5.02 Å². The molecule has 11 nitrogen and oxygen atoms in total. The van der Waals surface area contributed by atoms with Gasteiger partial charge in [-0.3, -0.25) is 9.10 Å². The number of carbonyl (C=O) groups is 3. The normalized spacial score (nSPS) is 13.9. The lowest BCUT2D eigenvalue weighted by atomic mass is 10.1. The van der Waals surface area contributed by atoms with Crippen molar-refractivity contribution in [1.82, 2.24) is 5.32 Å². The second-order valence-corrected chi connectivity index (χ2v) is 12.6. The van der Waals surface area contributed by atoms with Crippen molar-refractivity contribution in [2.45, 2.75) is 31.6 Å². The fraction of sp³-hybridized carbons (Fsp3) is 0.296. The Balaban J connectivity index is 1.77. The van der Waals surface area contributed by atoms with Gasteiger partial charge in [0, 0.05) is 18.7 Å². The maximum absolute atomic E-state index is 14.1. The number of carbonyl (C=O) groups excluding carboxylic acids is 1. The lowest BCUT2D eigenvalue weighted by Gasteiger charge is -2.35. The van der Waals surface area contributed by atoms with Crippen LogP contribution in [0, 0.1) is 0 Å². The molecule has 4 rings (SSSR count).